The van der Waals surface area contributed by atoms with Gasteiger partial charge in [0.25, 0.3) is 0 Å². The highest BCUT2D eigenvalue weighted by molar-refractivity contribution is 5.67. The van der Waals surface area contributed by atoms with Crippen LogP contribution in [0, 0.1) is 0 Å². The molecule has 7 heteroatoms. The summed E-state index contributed by atoms with van der Waals surface area (Å²) in [4.78, 5) is 15.0. The molecular formula is C12H15F3N2O2. The molecule has 0 atom stereocenters. The number of carbonyl (C=O) groups excluding carboxylic acids is 1. The predicted molar refractivity (Wildman–Crippen MR) is 62.3 cm³/mol. The van der Waals surface area contributed by atoms with Crippen LogP contribution in [0.4, 0.5) is 18.0 Å². The molecule has 0 bridgehead atoms. The van der Waals surface area contributed by atoms with Crippen LogP contribution in [0.15, 0.2) is 18.5 Å². The highest BCUT2D eigenvalue weighted by atomic mass is 19.4. The van der Waals surface area contributed by atoms with Crippen molar-refractivity contribution in [3.63, 3.8) is 0 Å². The van der Waals surface area contributed by atoms with Gasteiger partial charge in [0.05, 0.1) is 5.56 Å². The third-order valence-corrected chi connectivity index (χ3v) is 2.03. The van der Waals surface area contributed by atoms with Crippen LogP contribution < -0.4 is 5.32 Å². The maximum absolute atomic E-state index is 12.7. The number of hydrogen-bond acceptors (Lipinski definition) is 3. The van der Waals surface area contributed by atoms with Crippen molar-refractivity contribution in [2.45, 2.75) is 39.1 Å². The van der Waals surface area contributed by atoms with Crippen LogP contribution in [0.1, 0.15) is 31.9 Å². The molecular weight excluding hydrogens is 261 g/mol. The van der Waals surface area contributed by atoms with E-state index in [9.17, 15) is 18.0 Å². The largest absolute Gasteiger partial charge is 0.444 e. The average Bonchev–Trinajstić information content (AvgIpc) is 2.23. The normalized spacial score (nSPS) is 12.1. The van der Waals surface area contributed by atoms with Gasteiger partial charge in [-0.3, -0.25) is 4.98 Å². The molecule has 1 heterocycles. The summed E-state index contributed by atoms with van der Waals surface area (Å²) in [5, 5.41) is 2.27. The van der Waals surface area contributed by atoms with Crippen LogP contribution in [0.5, 0.6) is 0 Å². The Hall–Kier alpha value is -1.79. The molecule has 19 heavy (non-hydrogen) atoms. The first-order chi connectivity index (χ1) is 8.59. The Bertz CT molecular complexity index is 453. The number of halogens is 3. The highest BCUT2D eigenvalue weighted by Gasteiger charge is 2.33. The molecule has 0 aliphatic rings. The minimum absolute atomic E-state index is 0.110. The van der Waals surface area contributed by atoms with Gasteiger partial charge in [0.1, 0.15) is 5.60 Å². The molecule has 1 aromatic heterocycles. The van der Waals surface area contributed by atoms with E-state index in [1.807, 2.05) is 0 Å². The Morgan fingerprint density at radius 2 is 2.00 bits per heavy atom. The second-order valence-corrected chi connectivity index (χ2v) is 4.89. The zero-order valence-electron chi connectivity index (χ0n) is 10.8. The number of ether oxygens (including phenoxy) is 1. The van der Waals surface area contributed by atoms with Gasteiger partial charge in [0.2, 0.25) is 0 Å². The molecule has 0 fully saturated rings. The molecule has 1 rings (SSSR count). The van der Waals surface area contributed by atoms with Crippen molar-refractivity contribution in [2.75, 3.05) is 0 Å². The molecule has 0 spiro atoms. The number of rotatable bonds is 2. The van der Waals surface area contributed by atoms with E-state index in [-0.39, 0.29) is 12.1 Å². The Balaban J connectivity index is 2.71. The first-order valence-corrected chi connectivity index (χ1v) is 5.56. The maximum atomic E-state index is 12.7. The molecule has 0 aromatic carbocycles. The van der Waals surface area contributed by atoms with Gasteiger partial charge in [0, 0.05) is 24.5 Å². The summed E-state index contributed by atoms with van der Waals surface area (Å²) in [5.41, 5.74) is -1.63. The van der Waals surface area contributed by atoms with E-state index >= 15 is 0 Å². The van der Waals surface area contributed by atoms with Crippen molar-refractivity contribution in [3.8, 4) is 0 Å². The number of carbonyl (C=O) groups is 1. The summed E-state index contributed by atoms with van der Waals surface area (Å²) < 4.78 is 42.9. The van der Waals surface area contributed by atoms with Crippen molar-refractivity contribution in [1.29, 1.82) is 0 Å². The smallest absolute Gasteiger partial charge is 0.416 e. The van der Waals surface area contributed by atoms with Crippen LogP contribution in [0.25, 0.3) is 0 Å². The first kappa shape index (κ1) is 15.3. The number of nitrogens with zero attached hydrogens (tertiary/aromatic N) is 1. The topological polar surface area (TPSA) is 51.2 Å². The summed E-state index contributed by atoms with van der Waals surface area (Å²) in [5.74, 6) is 0. The van der Waals surface area contributed by atoms with E-state index in [1.54, 1.807) is 20.8 Å². The zero-order valence-corrected chi connectivity index (χ0v) is 10.8. The Morgan fingerprint density at radius 1 is 1.37 bits per heavy atom. The van der Waals surface area contributed by atoms with Crippen molar-refractivity contribution in [3.05, 3.63) is 29.6 Å². The molecule has 0 aliphatic heterocycles. The van der Waals surface area contributed by atoms with Gasteiger partial charge in [0.15, 0.2) is 0 Å². The first-order valence-electron chi connectivity index (χ1n) is 5.56. The van der Waals surface area contributed by atoms with E-state index in [2.05, 4.69) is 10.3 Å². The number of hydrogen-bond donors (Lipinski definition) is 1. The summed E-state index contributed by atoms with van der Waals surface area (Å²) >= 11 is 0. The predicted octanol–water partition coefficient (Wildman–Crippen LogP) is 3.13. The second kappa shape index (κ2) is 5.46. The van der Waals surface area contributed by atoms with Gasteiger partial charge >= 0.3 is 12.3 Å². The number of alkyl carbamates (subject to hydrolysis) is 1. The number of alkyl halides is 3. The lowest BCUT2D eigenvalue weighted by Gasteiger charge is -2.20. The van der Waals surface area contributed by atoms with Gasteiger partial charge in [-0.05, 0) is 26.8 Å². The average molecular weight is 276 g/mol. The SMILES string of the molecule is CC(C)(C)OC(=O)NCc1cnccc1C(F)(F)F. The summed E-state index contributed by atoms with van der Waals surface area (Å²) in [7, 11) is 0. The fourth-order valence-corrected chi connectivity index (χ4v) is 1.33. The summed E-state index contributed by atoms with van der Waals surface area (Å²) in [6.45, 7) is 4.70. The molecule has 0 saturated heterocycles. The molecule has 4 nitrogen and oxygen atoms in total. The van der Waals surface area contributed by atoms with Gasteiger partial charge in [-0.25, -0.2) is 4.79 Å². The Morgan fingerprint density at radius 3 is 2.53 bits per heavy atom. The van der Waals surface area contributed by atoms with Crippen molar-refractivity contribution >= 4 is 6.09 Å². The molecule has 0 aliphatic carbocycles. The Kier molecular flexibility index (Phi) is 4.39. The van der Waals surface area contributed by atoms with Gasteiger partial charge in [-0.15, -0.1) is 0 Å². The fraction of sp³-hybridized carbons (Fsp3) is 0.500. The van der Waals surface area contributed by atoms with E-state index in [4.69, 9.17) is 4.74 Å². The zero-order chi connectivity index (χ0) is 14.7. The third-order valence-electron chi connectivity index (χ3n) is 2.03. The van der Waals surface area contributed by atoms with Crippen LogP contribution in [0.3, 0.4) is 0 Å². The number of amides is 1. The lowest BCUT2D eigenvalue weighted by molar-refractivity contribution is -0.138. The van der Waals surface area contributed by atoms with Crippen LogP contribution >= 0.6 is 0 Å². The molecule has 0 radical (unpaired) electrons. The lowest BCUT2D eigenvalue weighted by Crippen LogP contribution is -2.32. The molecule has 0 unspecified atom stereocenters. The fourth-order valence-electron chi connectivity index (χ4n) is 1.33. The van der Waals surface area contributed by atoms with Crippen LogP contribution in [0.2, 0.25) is 0 Å². The molecule has 106 valence electrons. The van der Waals surface area contributed by atoms with E-state index in [0.29, 0.717) is 0 Å². The quantitative estimate of drug-likeness (QED) is 0.902. The van der Waals surface area contributed by atoms with E-state index < -0.39 is 23.4 Å². The van der Waals surface area contributed by atoms with Gasteiger partial charge < -0.3 is 10.1 Å². The molecule has 1 aromatic rings. The standard InChI is InChI=1S/C12H15F3N2O2/c1-11(2,3)19-10(18)17-7-8-6-16-5-4-9(8)12(13,14)15/h4-6H,7H2,1-3H3,(H,17,18). The number of aromatic nitrogens is 1. The second-order valence-electron chi connectivity index (χ2n) is 4.89. The van der Waals surface area contributed by atoms with Crippen LogP contribution in [-0.2, 0) is 17.5 Å². The lowest BCUT2D eigenvalue weighted by atomic mass is 10.1. The van der Waals surface area contributed by atoms with Crippen molar-refractivity contribution in [2.24, 2.45) is 0 Å². The van der Waals surface area contributed by atoms with Crippen molar-refractivity contribution in [1.82, 2.24) is 10.3 Å². The molecule has 0 saturated carbocycles. The van der Waals surface area contributed by atoms with Crippen molar-refractivity contribution < 1.29 is 22.7 Å². The van der Waals surface area contributed by atoms with E-state index in [0.717, 1.165) is 18.5 Å². The third kappa shape index (κ3) is 5.15. The monoisotopic (exact) mass is 276 g/mol. The van der Waals surface area contributed by atoms with Crippen LogP contribution in [-0.4, -0.2) is 16.7 Å². The number of nitrogens with one attached hydrogen (secondary N) is 1. The van der Waals surface area contributed by atoms with E-state index in [1.165, 1.54) is 0 Å². The number of pyridine rings is 1. The minimum atomic E-state index is -4.48. The molecule has 1 N–H and O–H groups in total. The van der Waals surface area contributed by atoms with Gasteiger partial charge in [-0.1, -0.05) is 0 Å². The highest BCUT2D eigenvalue weighted by Crippen LogP contribution is 2.31. The molecule has 1 amide bonds. The summed E-state index contributed by atoms with van der Waals surface area (Å²) in [6.07, 6.45) is -3.13. The maximum Gasteiger partial charge on any atom is 0.416 e. The minimum Gasteiger partial charge on any atom is -0.444 e. The summed E-state index contributed by atoms with van der Waals surface area (Å²) in [6, 6.07) is 0.867. The Labute approximate surface area is 109 Å². The van der Waals surface area contributed by atoms with Gasteiger partial charge in [-0.2, -0.15) is 13.2 Å².